The number of carbonyl (C=O) groups excluding carboxylic acids is 1. The van der Waals surface area contributed by atoms with Gasteiger partial charge in [-0.15, -0.1) is 0 Å². The first-order chi connectivity index (χ1) is 12.9. The van der Waals surface area contributed by atoms with Crippen LogP contribution >= 0.6 is 0 Å². The number of rotatable bonds is 5. The summed E-state index contributed by atoms with van der Waals surface area (Å²) in [4.78, 5) is 37.0. The van der Waals surface area contributed by atoms with Gasteiger partial charge in [-0.2, -0.15) is 4.98 Å². The van der Waals surface area contributed by atoms with Gasteiger partial charge in [0.1, 0.15) is 6.04 Å². The van der Waals surface area contributed by atoms with Crippen molar-refractivity contribution in [2.75, 3.05) is 11.9 Å². The van der Waals surface area contributed by atoms with Gasteiger partial charge in [0.25, 0.3) is 5.56 Å². The third-order valence-corrected chi connectivity index (χ3v) is 4.13. The summed E-state index contributed by atoms with van der Waals surface area (Å²) in [6.45, 7) is 2.78. The number of halogens is 1. The Morgan fingerprint density at radius 2 is 2.37 bits per heavy atom. The van der Waals surface area contributed by atoms with Crippen LogP contribution in [0.25, 0.3) is 21.6 Å². The highest BCUT2D eigenvalue weighted by atomic mass is 19.1. The normalized spacial score (nSPS) is 24.9. The number of H-pyrrole nitrogens is 1. The number of aromatic nitrogens is 4. The summed E-state index contributed by atoms with van der Waals surface area (Å²) in [5.41, 5.74) is 7.85. The second-order valence-electron chi connectivity index (χ2n) is 6.27. The maximum atomic E-state index is 14.8. The summed E-state index contributed by atoms with van der Waals surface area (Å²) in [6, 6.07) is -1.25. The molecule has 1 aliphatic rings. The minimum atomic E-state index is -1.80. The summed E-state index contributed by atoms with van der Waals surface area (Å²) in [5.74, 6) is -0.835. The van der Waals surface area contributed by atoms with E-state index in [9.17, 15) is 19.1 Å². The molecule has 0 aliphatic carbocycles. The van der Waals surface area contributed by atoms with Crippen molar-refractivity contribution in [1.82, 2.24) is 19.5 Å². The third-order valence-electron chi connectivity index (χ3n) is 4.13. The standard InChI is InChI=1S/C14H17FN8O4/c1-5(2)11(25)19-14-18-10-9(12(26)20-14)17-4-23(10)13-7(15)8(21-22-16)6(3-24)27-13/h4-8,13,24H,3H2,1-2H3,(H2,18,19,20,25,26)/t6-,7-,8-,13-/m1/s1. The number of aromatic amines is 1. The van der Waals surface area contributed by atoms with Crippen LogP contribution in [-0.2, 0) is 9.53 Å². The van der Waals surface area contributed by atoms with E-state index in [1.54, 1.807) is 13.8 Å². The molecular formula is C14H17FN8O4. The number of amides is 1. The number of nitrogens with one attached hydrogen (secondary N) is 2. The molecule has 3 N–H and O–H groups in total. The van der Waals surface area contributed by atoms with Crippen LogP contribution in [0.3, 0.4) is 0 Å². The van der Waals surface area contributed by atoms with E-state index in [1.165, 1.54) is 0 Å². The molecule has 13 heteroatoms. The SMILES string of the molecule is CC(C)C(=O)Nc1nc2c(ncn2[C@@H]2O[C@H](CO)[C@@H](N=[N+]=[N-])[C@H]2F)c(=O)[nH]1. The Balaban J connectivity index is 2.02. The Bertz CT molecular complexity index is 966. The molecule has 0 spiro atoms. The molecule has 144 valence electrons. The number of ether oxygens (including phenoxy) is 1. The van der Waals surface area contributed by atoms with Crippen LogP contribution in [0.15, 0.2) is 16.2 Å². The predicted molar refractivity (Wildman–Crippen MR) is 90.4 cm³/mol. The predicted octanol–water partition coefficient (Wildman–Crippen LogP) is 0.621. The number of aliphatic hydroxyl groups excluding tert-OH is 1. The highest BCUT2D eigenvalue weighted by molar-refractivity contribution is 5.91. The fourth-order valence-electron chi connectivity index (χ4n) is 2.71. The Morgan fingerprint density at radius 3 is 3.00 bits per heavy atom. The second kappa shape index (κ2) is 7.31. The smallest absolute Gasteiger partial charge is 0.280 e. The van der Waals surface area contributed by atoms with Crippen LogP contribution in [0.5, 0.6) is 0 Å². The van der Waals surface area contributed by atoms with Gasteiger partial charge >= 0.3 is 0 Å². The Kier molecular flexibility index (Phi) is 5.08. The molecule has 0 aromatic carbocycles. The minimum absolute atomic E-state index is 0.0243. The van der Waals surface area contributed by atoms with E-state index in [-0.39, 0.29) is 28.9 Å². The average Bonchev–Trinajstić information content (AvgIpc) is 3.17. The fraction of sp³-hybridized carbons (Fsp3) is 0.571. The zero-order valence-corrected chi connectivity index (χ0v) is 14.4. The molecule has 27 heavy (non-hydrogen) atoms. The zero-order valence-electron chi connectivity index (χ0n) is 14.4. The number of aliphatic hydroxyl groups is 1. The van der Waals surface area contributed by atoms with Crippen molar-refractivity contribution in [3.05, 3.63) is 27.1 Å². The Morgan fingerprint density at radius 1 is 1.63 bits per heavy atom. The summed E-state index contributed by atoms with van der Waals surface area (Å²) >= 11 is 0. The third kappa shape index (κ3) is 3.35. The van der Waals surface area contributed by atoms with Crippen molar-refractivity contribution in [3.63, 3.8) is 0 Å². The monoisotopic (exact) mass is 380 g/mol. The molecule has 0 bridgehead atoms. The number of hydrogen-bond acceptors (Lipinski definition) is 7. The van der Waals surface area contributed by atoms with Crippen molar-refractivity contribution in [3.8, 4) is 0 Å². The summed E-state index contributed by atoms with van der Waals surface area (Å²) in [5, 5.41) is 15.1. The number of alkyl halides is 1. The molecular weight excluding hydrogens is 363 g/mol. The van der Waals surface area contributed by atoms with Gasteiger partial charge < -0.3 is 9.84 Å². The lowest BCUT2D eigenvalue weighted by Crippen LogP contribution is -2.28. The average molecular weight is 380 g/mol. The van der Waals surface area contributed by atoms with Crippen LogP contribution in [0.1, 0.15) is 20.1 Å². The van der Waals surface area contributed by atoms with Gasteiger partial charge in [0.05, 0.1) is 19.0 Å². The first kappa shape index (κ1) is 18.8. The Hall–Kier alpha value is -3.02. The highest BCUT2D eigenvalue weighted by Crippen LogP contribution is 2.35. The highest BCUT2D eigenvalue weighted by Gasteiger charge is 2.46. The van der Waals surface area contributed by atoms with E-state index in [4.69, 9.17) is 10.3 Å². The largest absolute Gasteiger partial charge is 0.394 e. The summed E-state index contributed by atoms with van der Waals surface area (Å²) in [6.07, 6.45) is -3.01. The number of fused-ring (bicyclic) bond motifs is 1. The number of nitrogens with zero attached hydrogens (tertiary/aromatic N) is 6. The van der Waals surface area contributed by atoms with Crippen molar-refractivity contribution < 1.29 is 19.0 Å². The van der Waals surface area contributed by atoms with Gasteiger partial charge in [-0.05, 0) is 5.53 Å². The van der Waals surface area contributed by atoms with Gasteiger partial charge in [0.2, 0.25) is 11.9 Å². The number of azide groups is 1. The second-order valence-corrected chi connectivity index (χ2v) is 6.27. The number of hydrogen-bond donors (Lipinski definition) is 3. The van der Waals surface area contributed by atoms with Gasteiger partial charge in [0.15, 0.2) is 23.6 Å². The van der Waals surface area contributed by atoms with Crippen molar-refractivity contribution in [2.24, 2.45) is 11.0 Å². The van der Waals surface area contributed by atoms with Crippen LogP contribution < -0.4 is 10.9 Å². The van der Waals surface area contributed by atoms with Crippen molar-refractivity contribution >= 4 is 23.0 Å². The summed E-state index contributed by atoms with van der Waals surface area (Å²) in [7, 11) is 0. The first-order valence-electron chi connectivity index (χ1n) is 8.09. The molecule has 1 saturated heterocycles. The molecule has 1 aliphatic heterocycles. The topological polar surface area (TPSA) is 171 Å². The van der Waals surface area contributed by atoms with E-state index < -0.39 is 36.7 Å². The van der Waals surface area contributed by atoms with E-state index in [2.05, 4.69) is 30.3 Å². The Labute approximate surface area is 151 Å². The minimum Gasteiger partial charge on any atom is -0.394 e. The van der Waals surface area contributed by atoms with Crippen LogP contribution in [0, 0.1) is 5.92 Å². The number of carbonyl (C=O) groups is 1. The van der Waals surface area contributed by atoms with Gasteiger partial charge in [-0.3, -0.25) is 24.5 Å². The lowest BCUT2D eigenvalue weighted by atomic mass is 10.1. The molecule has 3 rings (SSSR count). The fourth-order valence-corrected chi connectivity index (χ4v) is 2.71. The molecule has 2 aromatic heterocycles. The van der Waals surface area contributed by atoms with Crippen molar-refractivity contribution in [2.45, 2.75) is 38.4 Å². The molecule has 0 unspecified atom stereocenters. The van der Waals surface area contributed by atoms with Crippen LogP contribution in [-0.4, -0.2) is 55.5 Å². The van der Waals surface area contributed by atoms with E-state index >= 15 is 0 Å². The summed E-state index contributed by atoms with van der Waals surface area (Å²) < 4.78 is 21.3. The lowest BCUT2D eigenvalue weighted by molar-refractivity contribution is -0.118. The molecule has 2 aromatic rings. The molecule has 1 fully saturated rings. The van der Waals surface area contributed by atoms with Gasteiger partial charge in [-0.1, -0.05) is 19.0 Å². The first-order valence-corrected chi connectivity index (χ1v) is 8.09. The quantitative estimate of drug-likeness (QED) is 0.390. The molecule has 0 radical (unpaired) electrons. The lowest BCUT2D eigenvalue weighted by Gasteiger charge is -2.15. The number of anilines is 1. The number of imidazole rings is 1. The maximum absolute atomic E-state index is 14.8. The van der Waals surface area contributed by atoms with Gasteiger partial charge in [0, 0.05) is 10.8 Å². The maximum Gasteiger partial charge on any atom is 0.280 e. The van der Waals surface area contributed by atoms with Crippen LogP contribution in [0.2, 0.25) is 0 Å². The van der Waals surface area contributed by atoms with E-state index in [1.807, 2.05) is 0 Å². The molecule has 0 saturated carbocycles. The van der Waals surface area contributed by atoms with Crippen molar-refractivity contribution in [1.29, 1.82) is 0 Å². The van der Waals surface area contributed by atoms with E-state index in [0.717, 1.165) is 10.9 Å². The zero-order chi connectivity index (χ0) is 19.7. The van der Waals surface area contributed by atoms with Crippen LogP contribution in [0.4, 0.5) is 10.3 Å². The molecule has 12 nitrogen and oxygen atoms in total. The van der Waals surface area contributed by atoms with E-state index in [0.29, 0.717) is 0 Å². The molecule has 1 amide bonds. The molecule has 3 heterocycles. The van der Waals surface area contributed by atoms with Gasteiger partial charge in [-0.25, -0.2) is 9.37 Å². The molecule has 4 atom stereocenters.